The number of rotatable bonds is 7. The second kappa shape index (κ2) is 12.0. The number of pyridine rings is 1. The summed E-state index contributed by atoms with van der Waals surface area (Å²) in [6.07, 6.45) is 1.01. The Kier molecular flexibility index (Phi) is 9.17. The van der Waals surface area contributed by atoms with Gasteiger partial charge in [-0.05, 0) is 69.9 Å². The number of benzene rings is 1. The molecule has 2 N–H and O–H groups in total. The summed E-state index contributed by atoms with van der Waals surface area (Å²) in [6.45, 7) is 12.0. The molecule has 0 bridgehead atoms. The fourth-order valence-electron chi connectivity index (χ4n) is 4.28. The number of carbonyl (C=O) groups excluding carboxylic acids is 4. The zero-order valence-corrected chi connectivity index (χ0v) is 24.2. The lowest BCUT2D eigenvalue weighted by molar-refractivity contribution is -0.131. The van der Waals surface area contributed by atoms with E-state index in [9.17, 15) is 23.6 Å². The van der Waals surface area contributed by atoms with Crippen LogP contribution in [0.25, 0.3) is 0 Å². The summed E-state index contributed by atoms with van der Waals surface area (Å²) >= 11 is 0. The van der Waals surface area contributed by atoms with E-state index in [0.29, 0.717) is 11.4 Å². The molecule has 0 fully saturated rings. The molecular weight excluding hydrogens is 517 g/mol. The summed E-state index contributed by atoms with van der Waals surface area (Å²) in [4.78, 5) is 59.9. The van der Waals surface area contributed by atoms with Gasteiger partial charge in [-0.3, -0.25) is 24.2 Å². The molecule has 10 nitrogen and oxygen atoms in total. The largest absolute Gasteiger partial charge is 0.444 e. The molecule has 216 valence electrons. The van der Waals surface area contributed by atoms with Gasteiger partial charge in [0, 0.05) is 19.7 Å². The van der Waals surface area contributed by atoms with Gasteiger partial charge in [0.1, 0.15) is 35.4 Å². The molecule has 40 heavy (non-hydrogen) atoms. The van der Waals surface area contributed by atoms with E-state index in [1.165, 1.54) is 37.2 Å². The first-order valence-electron chi connectivity index (χ1n) is 13.2. The summed E-state index contributed by atoms with van der Waals surface area (Å²) in [6, 6.07) is 4.84. The third-order valence-corrected chi connectivity index (χ3v) is 6.61. The molecule has 1 aliphatic heterocycles. The van der Waals surface area contributed by atoms with Crippen molar-refractivity contribution in [2.24, 2.45) is 5.92 Å². The van der Waals surface area contributed by atoms with Gasteiger partial charge in [0.15, 0.2) is 0 Å². The number of aromatic nitrogens is 1. The predicted octanol–water partition coefficient (Wildman–Crippen LogP) is 3.82. The molecule has 3 rings (SSSR count). The maximum atomic E-state index is 14.4. The minimum absolute atomic E-state index is 0.00836. The molecule has 1 aromatic heterocycles. The number of fused-ring (bicyclic) bond motifs is 1. The Morgan fingerprint density at radius 1 is 1.15 bits per heavy atom. The van der Waals surface area contributed by atoms with Crippen LogP contribution in [0.1, 0.15) is 52.7 Å². The zero-order valence-electron chi connectivity index (χ0n) is 24.2. The molecule has 1 aromatic carbocycles. The number of ether oxygens (including phenoxy) is 1. The first-order chi connectivity index (χ1) is 18.6. The van der Waals surface area contributed by atoms with Crippen LogP contribution >= 0.6 is 0 Å². The van der Waals surface area contributed by atoms with E-state index in [-0.39, 0.29) is 18.0 Å². The van der Waals surface area contributed by atoms with E-state index in [2.05, 4.69) is 15.6 Å². The summed E-state index contributed by atoms with van der Waals surface area (Å²) in [5.41, 5.74) is 0.695. The van der Waals surface area contributed by atoms with Gasteiger partial charge < -0.3 is 15.4 Å². The van der Waals surface area contributed by atoms with E-state index in [1.54, 1.807) is 59.7 Å². The molecule has 0 radical (unpaired) electrons. The number of halogens is 1. The average Bonchev–Trinajstić information content (AvgIpc) is 3.26. The minimum Gasteiger partial charge on any atom is -0.444 e. The lowest BCUT2D eigenvalue weighted by Crippen LogP contribution is -2.58. The van der Waals surface area contributed by atoms with E-state index >= 15 is 0 Å². The molecule has 0 spiro atoms. The van der Waals surface area contributed by atoms with Crippen LogP contribution in [0.4, 0.5) is 20.7 Å². The van der Waals surface area contributed by atoms with Crippen molar-refractivity contribution in [2.75, 3.05) is 17.3 Å². The van der Waals surface area contributed by atoms with Gasteiger partial charge >= 0.3 is 6.09 Å². The van der Waals surface area contributed by atoms with Gasteiger partial charge in [-0.2, -0.15) is 0 Å². The number of aryl methyl sites for hydroxylation is 1. The first kappa shape index (κ1) is 30.5. The van der Waals surface area contributed by atoms with Gasteiger partial charge in [-0.1, -0.05) is 26.0 Å². The first-order valence-corrected chi connectivity index (χ1v) is 13.2. The van der Waals surface area contributed by atoms with Crippen LogP contribution in [0.2, 0.25) is 0 Å². The number of nitrogens with zero attached hydrogens (tertiary/aromatic N) is 3. The van der Waals surface area contributed by atoms with Gasteiger partial charge in [-0.15, -0.1) is 0 Å². The summed E-state index contributed by atoms with van der Waals surface area (Å²) in [7, 11) is 1.44. The van der Waals surface area contributed by atoms with E-state index < -0.39 is 53.4 Å². The van der Waals surface area contributed by atoms with E-state index in [4.69, 9.17) is 4.74 Å². The third kappa shape index (κ3) is 6.94. The van der Waals surface area contributed by atoms with Crippen molar-refractivity contribution < 1.29 is 28.3 Å². The van der Waals surface area contributed by atoms with Crippen LogP contribution in [0.3, 0.4) is 0 Å². The predicted molar refractivity (Wildman–Crippen MR) is 149 cm³/mol. The van der Waals surface area contributed by atoms with E-state index in [0.717, 1.165) is 10.5 Å². The van der Waals surface area contributed by atoms with Crippen LogP contribution in [-0.2, 0) is 25.5 Å². The molecule has 4 amide bonds. The highest BCUT2D eigenvalue weighted by Gasteiger charge is 2.43. The number of anilines is 2. The second-order valence-corrected chi connectivity index (χ2v) is 11.4. The van der Waals surface area contributed by atoms with E-state index in [1.807, 2.05) is 0 Å². The van der Waals surface area contributed by atoms with Gasteiger partial charge in [-0.25, -0.2) is 14.2 Å². The molecule has 0 saturated heterocycles. The van der Waals surface area contributed by atoms with Crippen molar-refractivity contribution >= 4 is 35.3 Å². The van der Waals surface area contributed by atoms with Crippen molar-refractivity contribution in [1.29, 1.82) is 0 Å². The van der Waals surface area contributed by atoms with Crippen LogP contribution in [0, 0.1) is 18.7 Å². The van der Waals surface area contributed by atoms with Gasteiger partial charge in [0.25, 0.3) is 5.91 Å². The summed E-state index contributed by atoms with van der Waals surface area (Å²) in [5, 5.41) is 5.35. The quantitative estimate of drug-likeness (QED) is 0.536. The standard InChI is InChI=1S/C29H38FN5O5/c1-16(2)23(33-25(36)18(4)34(8)28(39)40-29(5,6)7)27(38)35-22(15-19-10-9-13-31-24(19)35)26(37)32-21-14-17(3)11-12-20(21)30/h9-14,16,18,22-23H,15H2,1-8H3,(H,32,37)(H,33,36)/t18-,22-,23-/m0/s1. The Hall–Kier alpha value is -4.02. The third-order valence-electron chi connectivity index (χ3n) is 6.61. The summed E-state index contributed by atoms with van der Waals surface area (Å²) < 4.78 is 19.8. The minimum atomic E-state index is -1.04. The molecule has 3 atom stereocenters. The average molecular weight is 556 g/mol. The number of amides is 4. The molecule has 2 heterocycles. The molecule has 0 saturated carbocycles. The second-order valence-electron chi connectivity index (χ2n) is 11.4. The number of carbonyl (C=O) groups is 4. The molecular formula is C29H38FN5O5. The van der Waals surface area contributed by atoms with Crippen molar-refractivity contribution in [1.82, 2.24) is 15.2 Å². The topological polar surface area (TPSA) is 121 Å². The van der Waals surface area contributed by atoms with Crippen molar-refractivity contribution in [2.45, 2.75) is 78.6 Å². The van der Waals surface area contributed by atoms with Gasteiger partial charge in [0.2, 0.25) is 11.8 Å². The van der Waals surface area contributed by atoms with Gasteiger partial charge in [0.05, 0.1) is 5.69 Å². The molecule has 2 aromatic rings. The Morgan fingerprint density at radius 3 is 2.45 bits per heavy atom. The van der Waals surface area contributed by atoms with Crippen LogP contribution in [-0.4, -0.2) is 64.5 Å². The monoisotopic (exact) mass is 555 g/mol. The molecule has 0 aliphatic carbocycles. The van der Waals surface area contributed by atoms with Crippen LogP contribution in [0.5, 0.6) is 0 Å². The smallest absolute Gasteiger partial charge is 0.410 e. The Balaban J connectivity index is 1.86. The maximum Gasteiger partial charge on any atom is 0.410 e. The lowest BCUT2D eigenvalue weighted by Gasteiger charge is -2.32. The SMILES string of the molecule is Cc1ccc(F)c(NC(=O)[C@@H]2Cc3cccnc3N2C(=O)[C@@H](NC(=O)[C@H](C)N(C)C(=O)OC(C)(C)C)C(C)C)c1. The van der Waals surface area contributed by atoms with Crippen LogP contribution < -0.4 is 15.5 Å². The Morgan fingerprint density at radius 2 is 1.82 bits per heavy atom. The lowest BCUT2D eigenvalue weighted by atomic mass is 10.0. The maximum absolute atomic E-state index is 14.4. The van der Waals surface area contributed by atoms with Crippen molar-refractivity contribution in [3.8, 4) is 0 Å². The Bertz CT molecular complexity index is 1290. The Labute approximate surface area is 234 Å². The fourth-order valence-corrected chi connectivity index (χ4v) is 4.28. The highest BCUT2D eigenvalue weighted by molar-refractivity contribution is 6.09. The van der Waals surface area contributed by atoms with Crippen LogP contribution in [0.15, 0.2) is 36.5 Å². The van der Waals surface area contributed by atoms with Crippen molar-refractivity contribution in [3.63, 3.8) is 0 Å². The zero-order chi connectivity index (χ0) is 29.9. The highest BCUT2D eigenvalue weighted by Crippen LogP contribution is 2.32. The molecule has 11 heteroatoms. The molecule has 0 unspecified atom stereocenters. The summed E-state index contributed by atoms with van der Waals surface area (Å²) in [5.74, 6) is -2.36. The number of likely N-dealkylation sites (N-methyl/N-ethyl adjacent to an activating group) is 1. The van der Waals surface area contributed by atoms with Crippen molar-refractivity contribution in [3.05, 3.63) is 53.5 Å². The fraction of sp³-hybridized carbons (Fsp3) is 0.483. The number of hydrogen-bond acceptors (Lipinski definition) is 6. The highest BCUT2D eigenvalue weighted by atomic mass is 19.1. The number of nitrogens with one attached hydrogen (secondary N) is 2. The number of hydrogen-bond donors (Lipinski definition) is 2. The molecule has 1 aliphatic rings. The normalized spacial score (nSPS) is 16.1.